The molecular weight excluding hydrogens is 424 g/mol. The van der Waals surface area contributed by atoms with Gasteiger partial charge in [0.15, 0.2) is 6.61 Å². The third-order valence-corrected chi connectivity index (χ3v) is 5.93. The van der Waals surface area contributed by atoms with Gasteiger partial charge in [0.25, 0.3) is 11.8 Å². The number of carbonyl (C=O) groups is 3. The molecule has 1 aromatic carbocycles. The van der Waals surface area contributed by atoms with Crippen LogP contribution in [0.25, 0.3) is 0 Å². The molecule has 1 fully saturated rings. The van der Waals surface area contributed by atoms with Crippen molar-refractivity contribution in [2.24, 2.45) is 0 Å². The lowest BCUT2D eigenvalue weighted by molar-refractivity contribution is -0.146. The number of rotatable bonds is 8. The number of esters is 1. The summed E-state index contributed by atoms with van der Waals surface area (Å²) in [5.41, 5.74) is 2.57. The molecule has 9 nitrogen and oxygen atoms in total. The molecular formula is C24H28N4O5. The second-order valence-corrected chi connectivity index (χ2v) is 7.97. The molecule has 1 heterocycles. The van der Waals surface area contributed by atoms with Crippen LogP contribution in [0.15, 0.2) is 24.3 Å². The Hall–Kier alpha value is -3.80. The van der Waals surface area contributed by atoms with Gasteiger partial charge in [-0.25, -0.2) is 0 Å². The zero-order chi connectivity index (χ0) is 24.0. The quantitative estimate of drug-likeness (QED) is 0.594. The van der Waals surface area contributed by atoms with Crippen LogP contribution in [0.3, 0.4) is 0 Å². The van der Waals surface area contributed by atoms with E-state index in [4.69, 9.17) is 9.47 Å². The molecule has 0 atom stereocenters. The fraction of sp³-hybridized carbons (Fsp3) is 0.417. The van der Waals surface area contributed by atoms with Gasteiger partial charge in [-0.15, -0.1) is 0 Å². The van der Waals surface area contributed by atoms with Gasteiger partial charge >= 0.3 is 5.97 Å². The molecule has 2 amide bonds. The first-order valence-electron chi connectivity index (χ1n) is 10.8. The topological polar surface area (TPSA) is 122 Å². The second-order valence-electron chi connectivity index (χ2n) is 7.97. The van der Waals surface area contributed by atoms with Crippen molar-refractivity contribution in [3.63, 3.8) is 0 Å². The highest BCUT2D eigenvalue weighted by atomic mass is 16.5. The summed E-state index contributed by atoms with van der Waals surface area (Å²) >= 11 is 0. The number of nitriles is 1. The summed E-state index contributed by atoms with van der Waals surface area (Å²) in [6.45, 7) is 2.91. The average Bonchev–Trinajstić information content (AvgIpc) is 3.42. The van der Waals surface area contributed by atoms with E-state index in [1.807, 2.05) is 18.4 Å². The van der Waals surface area contributed by atoms with Gasteiger partial charge in [-0.1, -0.05) is 12.8 Å². The van der Waals surface area contributed by atoms with E-state index in [0.29, 0.717) is 22.7 Å². The fourth-order valence-corrected chi connectivity index (χ4v) is 4.07. The molecule has 0 radical (unpaired) electrons. The summed E-state index contributed by atoms with van der Waals surface area (Å²) in [6.07, 6.45) is 4.20. The van der Waals surface area contributed by atoms with Crippen LogP contribution in [0.4, 0.5) is 5.82 Å². The predicted molar refractivity (Wildman–Crippen MR) is 121 cm³/mol. The molecule has 0 bridgehead atoms. The summed E-state index contributed by atoms with van der Waals surface area (Å²) in [5, 5.41) is 14.8. The molecule has 1 aliphatic rings. The first-order chi connectivity index (χ1) is 15.8. The van der Waals surface area contributed by atoms with Crippen LogP contribution in [0, 0.1) is 25.2 Å². The Labute approximate surface area is 192 Å². The molecule has 33 heavy (non-hydrogen) atoms. The summed E-state index contributed by atoms with van der Waals surface area (Å²) < 4.78 is 12.1. The Morgan fingerprint density at radius 2 is 1.82 bits per heavy atom. The van der Waals surface area contributed by atoms with Crippen molar-refractivity contribution in [3.8, 4) is 11.8 Å². The lowest BCUT2D eigenvalue weighted by Crippen LogP contribution is -2.32. The van der Waals surface area contributed by atoms with Crippen molar-refractivity contribution < 1.29 is 23.9 Å². The number of nitrogens with zero attached hydrogens (tertiary/aromatic N) is 2. The van der Waals surface area contributed by atoms with Crippen molar-refractivity contribution in [2.45, 2.75) is 45.6 Å². The standard InChI is InChI=1S/C24H28N4O5/c1-15-16(2)28(18-6-4-5-7-18)23(20(15)12-25)27-21(29)14-33-22(30)13-26-24(31)17-8-10-19(32-3)11-9-17/h8-11,18H,4-7,13-14H2,1-3H3,(H,26,31)(H,27,29). The summed E-state index contributed by atoms with van der Waals surface area (Å²) in [6, 6.07) is 8.83. The monoisotopic (exact) mass is 452 g/mol. The van der Waals surface area contributed by atoms with E-state index in [2.05, 4.69) is 16.7 Å². The van der Waals surface area contributed by atoms with Gasteiger partial charge in [0.05, 0.1) is 12.7 Å². The molecule has 1 aliphatic carbocycles. The van der Waals surface area contributed by atoms with Crippen LogP contribution in [0.5, 0.6) is 5.75 Å². The Kier molecular flexibility index (Phi) is 7.72. The van der Waals surface area contributed by atoms with Crippen LogP contribution >= 0.6 is 0 Å². The number of aromatic nitrogens is 1. The number of ether oxygens (including phenoxy) is 2. The van der Waals surface area contributed by atoms with Crippen LogP contribution in [0.2, 0.25) is 0 Å². The predicted octanol–water partition coefficient (Wildman–Crippen LogP) is 3.01. The first-order valence-corrected chi connectivity index (χ1v) is 10.8. The number of methoxy groups -OCH3 is 1. The van der Waals surface area contributed by atoms with Gasteiger partial charge in [0, 0.05) is 17.3 Å². The number of benzene rings is 1. The van der Waals surface area contributed by atoms with Crippen molar-refractivity contribution in [1.29, 1.82) is 5.26 Å². The van der Waals surface area contributed by atoms with Crippen LogP contribution in [-0.4, -0.2) is 42.6 Å². The van der Waals surface area contributed by atoms with Crippen molar-refractivity contribution >= 4 is 23.6 Å². The largest absolute Gasteiger partial charge is 0.497 e. The highest BCUT2D eigenvalue weighted by molar-refractivity contribution is 5.97. The third-order valence-electron chi connectivity index (χ3n) is 5.93. The van der Waals surface area contributed by atoms with E-state index in [1.165, 1.54) is 7.11 Å². The van der Waals surface area contributed by atoms with E-state index in [0.717, 1.165) is 36.9 Å². The zero-order valence-electron chi connectivity index (χ0n) is 19.1. The van der Waals surface area contributed by atoms with E-state index < -0.39 is 24.4 Å². The minimum atomic E-state index is -0.744. The lowest BCUT2D eigenvalue weighted by atomic mass is 10.2. The summed E-state index contributed by atoms with van der Waals surface area (Å²) in [4.78, 5) is 36.6. The number of amides is 2. The van der Waals surface area contributed by atoms with Crippen molar-refractivity contribution in [1.82, 2.24) is 9.88 Å². The second kappa shape index (κ2) is 10.7. The van der Waals surface area contributed by atoms with E-state index in [9.17, 15) is 19.6 Å². The number of anilines is 1. The highest BCUT2D eigenvalue weighted by Gasteiger charge is 2.26. The SMILES string of the molecule is COc1ccc(C(=O)NCC(=O)OCC(=O)Nc2c(C#N)c(C)c(C)n2C2CCCC2)cc1. The zero-order valence-corrected chi connectivity index (χ0v) is 19.1. The van der Waals surface area contributed by atoms with E-state index >= 15 is 0 Å². The lowest BCUT2D eigenvalue weighted by Gasteiger charge is -2.19. The van der Waals surface area contributed by atoms with Crippen LogP contribution in [0.1, 0.15) is 58.9 Å². The Morgan fingerprint density at radius 3 is 2.42 bits per heavy atom. The molecule has 0 unspecified atom stereocenters. The Bertz CT molecular complexity index is 1080. The molecule has 0 aliphatic heterocycles. The summed E-state index contributed by atoms with van der Waals surface area (Å²) in [5.74, 6) is -0.670. The maximum absolute atomic E-state index is 12.5. The third kappa shape index (κ3) is 5.52. The fourth-order valence-electron chi connectivity index (χ4n) is 4.07. The minimum absolute atomic E-state index is 0.233. The average molecular weight is 453 g/mol. The Balaban J connectivity index is 1.55. The molecule has 0 spiro atoms. The number of nitrogens with one attached hydrogen (secondary N) is 2. The van der Waals surface area contributed by atoms with Gasteiger partial charge in [-0.3, -0.25) is 14.4 Å². The molecule has 1 aromatic heterocycles. The van der Waals surface area contributed by atoms with Crippen LogP contribution in [-0.2, 0) is 14.3 Å². The molecule has 2 N–H and O–H groups in total. The first kappa shape index (κ1) is 23.9. The van der Waals surface area contributed by atoms with Gasteiger partial charge in [0.1, 0.15) is 24.2 Å². The summed E-state index contributed by atoms with van der Waals surface area (Å²) in [7, 11) is 1.52. The molecule has 1 saturated carbocycles. The van der Waals surface area contributed by atoms with E-state index in [-0.39, 0.29) is 12.6 Å². The van der Waals surface area contributed by atoms with Gasteiger partial charge < -0.3 is 24.7 Å². The maximum atomic E-state index is 12.5. The molecule has 174 valence electrons. The maximum Gasteiger partial charge on any atom is 0.325 e. The highest BCUT2D eigenvalue weighted by Crippen LogP contribution is 2.37. The van der Waals surface area contributed by atoms with Gasteiger partial charge in [-0.2, -0.15) is 5.26 Å². The molecule has 0 saturated heterocycles. The normalized spacial score (nSPS) is 13.3. The molecule has 3 rings (SSSR count). The number of carbonyl (C=O) groups excluding carboxylic acids is 3. The number of hydrogen-bond donors (Lipinski definition) is 2. The minimum Gasteiger partial charge on any atom is -0.497 e. The van der Waals surface area contributed by atoms with Gasteiger partial charge in [-0.05, 0) is 56.5 Å². The molecule has 2 aromatic rings. The smallest absolute Gasteiger partial charge is 0.325 e. The van der Waals surface area contributed by atoms with Gasteiger partial charge in [0.2, 0.25) is 0 Å². The molecule has 9 heteroatoms. The van der Waals surface area contributed by atoms with Crippen LogP contribution < -0.4 is 15.4 Å². The number of hydrogen-bond acceptors (Lipinski definition) is 6. The van der Waals surface area contributed by atoms with Crippen molar-refractivity contribution in [3.05, 3.63) is 46.6 Å². The van der Waals surface area contributed by atoms with E-state index in [1.54, 1.807) is 24.3 Å². The Morgan fingerprint density at radius 1 is 1.15 bits per heavy atom. The van der Waals surface area contributed by atoms with Crippen molar-refractivity contribution in [2.75, 3.05) is 25.6 Å².